The van der Waals surface area contributed by atoms with Crippen LogP contribution >= 0.6 is 0 Å². The molecule has 4 heteroatoms. The SMILES string of the molecule is CCn1nc(C)c(N)c1OC1CC(C)CCC1C(C)C. The molecule has 2 rings (SSSR count). The van der Waals surface area contributed by atoms with E-state index in [1.54, 1.807) is 0 Å². The minimum Gasteiger partial charge on any atom is -0.473 e. The molecule has 2 N–H and O–H groups in total. The molecule has 1 aliphatic carbocycles. The zero-order valence-corrected chi connectivity index (χ0v) is 13.5. The van der Waals surface area contributed by atoms with Gasteiger partial charge in [0.05, 0.1) is 5.69 Å². The summed E-state index contributed by atoms with van der Waals surface area (Å²) in [5, 5.41) is 4.45. The van der Waals surface area contributed by atoms with E-state index in [-0.39, 0.29) is 6.10 Å². The van der Waals surface area contributed by atoms with Crippen LogP contribution in [-0.4, -0.2) is 15.9 Å². The first-order valence-corrected chi connectivity index (χ1v) is 7.93. The predicted octanol–water partition coefficient (Wildman–Crippen LogP) is 3.63. The number of hydrogen-bond donors (Lipinski definition) is 1. The second-order valence-electron chi connectivity index (χ2n) is 6.60. The van der Waals surface area contributed by atoms with E-state index in [0.29, 0.717) is 17.5 Å². The molecule has 20 heavy (non-hydrogen) atoms. The molecule has 1 fully saturated rings. The van der Waals surface area contributed by atoms with Crippen LogP contribution < -0.4 is 10.5 Å². The average molecular weight is 279 g/mol. The lowest BCUT2D eigenvalue weighted by molar-refractivity contribution is 0.0395. The number of hydrogen-bond acceptors (Lipinski definition) is 3. The number of ether oxygens (including phenoxy) is 1. The third-order valence-corrected chi connectivity index (χ3v) is 4.65. The highest BCUT2D eigenvalue weighted by Gasteiger charge is 2.33. The maximum Gasteiger partial charge on any atom is 0.236 e. The molecular formula is C16H29N3O. The number of nitrogens with zero attached hydrogens (tertiary/aromatic N) is 2. The summed E-state index contributed by atoms with van der Waals surface area (Å²) in [7, 11) is 0. The van der Waals surface area contributed by atoms with Crippen LogP contribution in [0.4, 0.5) is 5.69 Å². The topological polar surface area (TPSA) is 53.1 Å². The Morgan fingerprint density at radius 2 is 2.10 bits per heavy atom. The van der Waals surface area contributed by atoms with Gasteiger partial charge in [0.2, 0.25) is 5.88 Å². The summed E-state index contributed by atoms with van der Waals surface area (Å²) in [6, 6.07) is 0. The Kier molecular flexibility index (Phi) is 4.61. The Labute approximate surface area is 122 Å². The normalized spacial score (nSPS) is 27.0. The molecule has 1 aromatic rings. The van der Waals surface area contributed by atoms with Crippen LogP contribution in [0.3, 0.4) is 0 Å². The van der Waals surface area contributed by atoms with Crippen LogP contribution in [-0.2, 0) is 6.54 Å². The molecule has 0 saturated heterocycles. The van der Waals surface area contributed by atoms with Crippen molar-refractivity contribution in [3.8, 4) is 5.88 Å². The van der Waals surface area contributed by atoms with Gasteiger partial charge in [0.1, 0.15) is 11.8 Å². The van der Waals surface area contributed by atoms with Crippen molar-refractivity contribution in [2.24, 2.45) is 17.8 Å². The fourth-order valence-corrected chi connectivity index (χ4v) is 3.31. The zero-order chi connectivity index (χ0) is 14.9. The van der Waals surface area contributed by atoms with Crippen molar-refractivity contribution in [3.05, 3.63) is 5.69 Å². The summed E-state index contributed by atoms with van der Waals surface area (Å²) < 4.78 is 8.24. The monoisotopic (exact) mass is 279 g/mol. The molecule has 114 valence electrons. The predicted molar refractivity (Wildman–Crippen MR) is 82.8 cm³/mol. The summed E-state index contributed by atoms with van der Waals surface area (Å²) in [4.78, 5) is 0. The van der Waals surface area contributed by atoms with Crippen LogP contribution in [0.5, 0.6) is 5.88 Å². The largest absolute Gasteiger partial charge is 0.473 e. The lowest BCUT2D eigenvalue weighted by atomic mass is 9.75. The molecule has 0 spiro atoms. The lowest BCUT2D eigenvalue weighted by Gasteiger charge is -2.37. The maximum absolute atomic E-state index is 6.35. The molecule has 3 unspecified atom stereocenters. The van der Waals surface area contributed by atoms with Gasteiger partial charge < -0.3 is 10.5 Å². The smallest absolute Gasteiger partial charge is 0.236 e. The molecule has 0 aliphatic heterocycles. The molecular weight excluding hydrogens is 250 g/mol. The van der Waals surface area contributed by atoms with Gasteiger partial charge in [-0.05, 0) is 44.4 Å². The summed E-state index contributed by atoms with van der Waals surface area (Å²) in [6.07, 6.45) is 3.95. The van der Waals surface area contributed by atoms with Gasteiger partial charge in [-0.3, -0.25) is 0 Å². The summed E-state index contributed by atoms with van der Waals surface area (Å²) in [5.41, 5.74) is 7.71. The third kappa shape index (κ3) is 2.94. The first-order chi connectivity index (χ1) is 9.43. The second-order valence-corrected chi connectivity index (χ2v) is 6.60. The highest BCUT2D eigenvalue weighted by atomic mass is 16.5. The quantitative estimate of drug-likeness (QED) is 0.915. The van der Waals surface area contributed by atoms with E-state index in [4.69, 9.17) is 10.5 Å². The maximum atomic E-state index is 6.35. The Balaban J connectivity index is 2.22. The van der Waals surface area contributed by atoms with Gasteiger partial charge in [0.25, 0.3) is 0 Å². The van der Waals surface area contributed by atoms with Crippen molar-refractivity contribution in [2.45, 2.75) is 66.5 Å². The van der Waals surface area contributed by atoms with Crippen molar-refractivity contribution < 1.29 is 4.74 Å². The number of anilines is 1. The van der Waals surface area contributed by atoms with Crippen LogP contribution in [0.2, 0.25) is 0 Å². The molecule has 0 amide bonds. The van der Waals surface area contributed by atoms with Gasteiger partial charge in [-0.2, -0.15) is 5.10 Å². The first-order valence-electron chi connectivity index (χ1n) is 7.93. The van der Waals surface area contributed by atoms with E-state index < -0.39 is 0 Å². The van der Waals surface area contributed by atoms with Gasteiger partial charge in [-0.1, -0.05) is 27.2 Å². The molecule has 1 heterocycles. The lowest BCUT2D eigenvalue weighted by Crippen LogP contribution is -2.37. The summed E-state index contributed by atoms with van der Waals surface area (Å²) in [6.45, 7) is 11.7. The van der Waals surface area contributed by atoms with Crippen LogP contribution in [0.1, 0.15) is 52.7 Å². The Hall–Kier alpha value is -1.19. The van der Waals surface area contributed by atoms with Crippen molar-refractivity contribution >= 4 is 5.69 Å². The minimum atomic E-state index is 0.266. The van der Waals surface area contributed by atoms with Gasteiger partial charge in [0.15, 0.2) is 0 Å². The fourth-order valence-electron chi connectivity index (χ4n) is 3.31. The average Bonchev–Trinajstić information content (AvgIpc) is 2.66. The van der Waals surface area contributed by atoms with Crippen LogP contribution in [0.25, 0.3) is 0 Å². The second kappa shape index (κ2) is 6.06. The van der Waals surface area contributed by atoms with Gasteiger partial charge in [0, 0.05) is 6.54 Å². The molecule has 0 radical (unpaired) electrons. The van der Waals surface area contributed by atoms with Crippen LogP contribution in [0.15, 0.2) is 0 Å². The highest BCUT2D eigenvalue weighted by molar-refractivity contribution is 5.52. The van der Waals surface area contributed by atoms with Crippen molar-refractivity contribution in [1.82, 2.24) is 9.78 Å². The van der Waals surface area contributed by atoms with Crippen molar-refractivity contribution in [3.63, 3.8) is 0 Å². The summed E-state index contributed by atoms with van der Waals surface area (Å²) in [5.74, 6) is 2.77. The van der Waals surface area contributed by atoms with E-state index in [9.17, 15) is 0 Å². The summed E-state index contributed by atoms with van der Waals surface area (Å²) >= 11 is 0. The molecule has 3 atom stereocenters. The number of nitrogens with two attached hydrogens (primary N) is 1. The first kappa shape index (κ1) is 15.2. The van der Waals surface area contributed by atoms with Crippen molar-refractivity contribution in [1.29, 1.82) is 0 Å². The zero-order valence-electron chi connectivity index (χ0n) is 13.5. The Morgan fingerprint density at radius 1 is 1.40 bits per heavy atom. The Bertz CT molecular complexity index is 453. The Morgan fingerprint density at radius 3 is 2.70 bits per heavy atom. The molecule has 4 nitrogen and oxygen atoms in total. The third-order valence-electron chi connectivity index (χ3n) is 4.65. The van der Waals surface area contributed by atoms with E-state index in [1.165, 1.54) is 12.8 Å². The fraction of sp³-hybridized carbons (Fsp3) is 0.812. The number of nitrogen functional groups attached to an aromatic ring is 1. The van der Waals surface area contributed by atoms with Gasteiger partial charge in [-0.25, -0.2) is 4.68 Å². The van der Waals surface area contributed by atoms with Gasteiger partial charge in [-0.15, -0.1) is 0 Å². The van der Waals surface area contributed by atoms with E-state index in [0.717, 1.165) is 30.5 Å². The number of aryl methyl sites for hydroxylation is 2. The molecule has 0 bridgehead atoms. The molecule has 0 aromatic carbocycles. The van der Waals surface area contributed by atoms with E-state index in [1.807, 2.05) is 11.6 Å². The highest BCUT2D eigenvalue weighted by Crippen LogP contribution is 2.37. The molecule has 1 aromatic heterocycles. The minimum absolute atomic E-state index is 0.266. The molecule has 1 saturated carbocycles. The standard InChI is InChI=1S/C16H29N3O/c1-6-19-16(15(17)12(5)18-19)20-14-9-11(4)7-8-13(14)10(2)3/h10-11,13-14H,6-9,17H2,1-5H3. The number of rotatable bonds is 4. The van der Waals surface area contributed by atoms with E-state index in [2.05, 4.69) is 32.8 Å². The van der Waals surface area contributed by atoms with E-state index >= 15 is 0 Å². The molecule has 1 aliphatic rings. The van der Waals surface area contributed by atoms with Crippen LogP contribution in [0, 0.1) is 24.7 Å². The van der Waals surface area contributed by atoms with Crippen molar-refractivity contribution in [2.75, 3.05) is 5.73 Å². The number of aromatic nitrogens is 2. The van der Waals surface area contributed by atoms with Gasteiger partial charge >= 0.3 is 0 Å².